The maximum absolute atomic E-state index is 12.4. The predicted octanol–water partition coefficient (Wildman–Crippen LogP) is 9.15. The first kappa shape index (κ1) is 39.4. The molecule has 0 rings (SSSR count). The van der Waals surface area contributed by atoms with Crippen LogP contribution in [0.2, 0.25) is 0 Å². The van der Waals surface area contributed by atoms with Crippen LogP contribution in [0.25, 0.3) is 0 Å². The molecule has 0 fully saturated rings. The van der Waals surface area contributed by atoms with Gasteiger partial charge in [0.05, 0.1) is 18.8 Å². The van der Waals surface area contributed by atoms with Gasteiger partial charge >= 0.3 is 0 Å². The fourth-order valence-electron chi connectivity index (χ4n) is 5.60. The second-order valence-corrected chi connectivity index (χ2v) is 12.4. The fraction of sp³-hybridized carbons (Fsp3) is 0.971. The first-order valence-electron chi connectivity index (χ1n) is 17.8. The van der Waals surface area contributed by atoms with E-state index in [9.17, 15) is 20.1 Å². The van der Waals surface area contributed by atoms with Crippen molar-refractivity contribution in [2.24, 2.45) is 0 Å². The van der Waals surface area contributed by atoms with Gasteiger partial charge in [-0.2, -0.15) is 0 Å². The molecule has 1 amide bonds. The summed E-state index contributed by atoms with van der Waals surface area (Å²) in [6.07, 6.45) is 32.2. The van der Waals surface area contributed by atoms with Crippen molar-refractivity contribution in [3.05, 3.63) is 0 Å². The highest BCUT2D eigenvalue weighted by Gasteiger charge is 2.23. The van der Waals surface area contributed by atoms with Crippen LogP contribution in [0.3, 0.4) is 0 Å². The van der Waals surface area contributed by atoms with Crippen LogP contribution >= 0.6 is 0 Å². The summed E-state index contributed by atoms with van der Waals surface area (Å²) >= 11 is 0. The number of carbonyl (C=O) groups is 1. The SMILES string of the molecule is CCCCCCCCCCCCCCCCC(O)C(CO)NC(=O)C(O)CCCCCCCCCCCCCC. The van der Waals surface area contributed by atoms with Crippen molar-refractivity contribution >= 4 is 5.91 Å². The molecule has 4 N–H and O–H groups in total. The van der Waals surface area contributed by atoms with Gasteiger partial charge in [-0.1, -0.05) is 181 Å². The minimum Gasteiger partial charge on any atom is -0.394 e. The quantitative estimate of drug-likeness (QED) is 0.0608. The van der Waals surface area contributed by atoms with Gasteiger partial charge in [-0.3, -0.25) is 4.79 Å². The lowest BCUT2D eigenvalue weighted by atomic mass is 10.0. The second-order valence-electron chi connectivity index (χ2n) is 12.4. The zero-order chi connectivity index (χ0) is 29.5. The molecule has 3 unspecified atom stereocenters. The summed E-state index contributed by atoms with van der Waals surface area (Å²) in [5.41, 5.74) is 0. The molecular formula is C35H71NO4. The molecule has 0 aliphatic rings. The van der Waals surface area contributed by atoms with Gasteiger partial charge in [0.25, 0.3) is 0 Å². The predicted molar refractivity (Wildman–Crippen MR) is 172 cm³/mol. The number of hydrogen-bond acceptors (Lipinski definition) is 4. The molecule has 0 spiro atoms. The normalized spacial score (nSPS) is 13.8. The van der Waals surface area contributed by atoms with Crippen molar-refractivity contribution in [1.29, 1.82) is 0 Å². The summed E-state index contributed by atoms with van der Waals surface area (Å²) in [5, 5.41) is 33.0. The van der Waals surface area contributed by atoms with Gasteiger partial charge in [0.2, 0.25) is 5.91 Å². The number of rotatable bonds is 32. The minimum atomic E-state index is -1.06. The molecule has 0 bridgehead atoms. The molecule has 0 radical (unpaired) electrons. The average molecular weight is 570 g/mol. The average Bonchev–Trinajstić information content (AvgIpc) is 2.96. The molecule has 0 saturated heterocycles. The first-order valence-corrected chi connectivity index (χ1v) is 17.8. The van der Waals surface area contributed by atoms with E-state index >= 15 is 0 Å². The van der Waals surface area contributed by atoms with Crippen molar-refractivity contribution in [2.45, 2.75) is 212 Å². The lowest BCUT2D eigenvalue weighted by Crippen LogP contribution is -2.49. The zero-order valence-corrected chi connectivity index (χ0v) is 27.0. The van der Waals surface area contributed by atoms with Gasteiger partial charge in [0.1, 0.15) is 6.10 Å². The highest BCUT2D eigenvalue weighted by Crippen LogP contribution is 2.16. The number of hydrogen-bond donors (Lipinski definition) is 4. The van der Waals surface area contributed by atoms with E-state index in [2.05, 4.69) is 19.2 Å². The van der Waals surface area contributed by atoms with Crippen LogP contribution in [-0.2, 0) is 4.79 Å². The number of amides is 1. The molecule has 0 aromatic heterocycles. The fourth-order valence-corrected chi connectivity index (χ4v) is 5.60. The Morgan fingerprint density at radius 2 is 0.800 bits per heavy atom. The summed E-state index contributed by atoms with van der Waals surface area (Å²) < 4.78 is 0. The van der Waals surface area contributed by atoms with E-state index in [4.69, 9.17) is 0 Å². The van der Waals surface area contributed by atoms with Crippen LogP contribution in [-0.4, -0.2) is 46.1 Å². The van der Waals surface area contributed by atoms with Crippen LogP contribution in [0.15, 0.2) is 0 Å². The van der Waals surface area contributed by atoms with Gasteiger partial charge < -0.3 is 20.6 Å². The van der Waals surface area contributed by atoms with Crippen molar-refractivity contribution in [2.75, 3.05) is 6.61 Å². The van der Waals surface area contributed by atoms with Gasteiger partial charge in [-0.05, 0) is 12.8 Å². The number of nitrogens with one attached hydrogen (secondary N) is 1. The van der Waals surface area contributed by atoms with Crippen LogP contribution in [0, 0.1) is 0 Å². The third-order valence-electron chi connectivity index (χ3n) is 8.48. The molecule has 3 atom stereocenters. The summed E-state index contributed by atoms with van der Waals surface area (Å²) in [6.45, 7) is 4.21. The monoisotopic (exact) mass is 570 g/mol. The third-order valence-corrected chi connectivity index (χ3v) is 8.48. The number of unbranched alkanes of at least 4 members (excludes halogenated alkanes) is 24. The lowest BCUT2D eigenvalue weighted by molar-refractivity contribution is -0.131. The number of aliphatic hydroxyl groups excluding tert-OH is 3. The summed E-state index contributed by atoms with van der Waals surface area (Å²) in [6, 6.07) is -0.703. The van der Waals surface area contributed by atoms with Crippen LogP contribution in [0.4, 0.5) is 0 Å². The molecule has 0 aromatic carbocycles. The molecule has 5 nitrogen and oxygen atoms in total. The minimum absolute atomic E-state index is 0.309. The molecule has 0 saturated carbocycles. The Kier molecular flexibility index (Phi) is 30.8. The van der Waals surface area contributed by atoms with Gasteiger partial charge in [0, 0.05) is 0 Å². The van der Waals surface area contributed by atoms with Gasteiger partial charge in [-0.25, -0.2) is 0 Å². The van der Waals surface area contributed by atoms with E-state index in [1.807, 2.05) is 0 Å². The number of aliphatic hydroxyl groups is 3. The van der Waals surface area contributed by atoms with Crippen molar-refractivity contribution in [1.82, 2.24) is 5.32 Å². The molecule has 40 heavy (non-hydrogen) atoms. The summed E-state index contributed by atoms with van der Waals surface area (Å²) in [5.74, 6) is -0.470. The van der Waals surface area contributed by atoms with E-state index in [0.717, 1.165) is 32.1 Å². The molecule has 5 heteroatoms. The summed E-state index contributed by atoms with van der Waals surface area (Å²) in [4.78, 5) is 12.4. The standard InChI is InChI=1S/C35H71NO4/c1-3-5-7-9-11-13-15-17-18-20-21-23-25-27-29-33(38)32(31-37)36-35(40)34(39)30-28-26-24-22-19-16-14-12-10-8-6-4-2/h32-34,37-39H,3-31H2,1-2H3,(H,36,40). The van der Waals surface area contributed by atoms with E-state index in [0.29, 0.717) is 12.8 Å². The Hall–Kier alpha value is -0.650. The Morgan fingerprint density at radius 3 is 1.12 bits per heavy atom. The highest BCUT2D eigenvalue weighted by molar-refractivity contribution is 5.80. The smallest absolute Gasteiger partial charge is 0.249 e. The maximum atomic E-state index is 12.4. The van der Waals surface area contributed by atoms with E-state index in [-0.39, 0.29) is 6.61 Å². The van der Waals surface area contributed by atoms with Crippen molar-refractivity contribution in [3.63, 3.8) is 0 Å². The van der Waals surface area contributed by atoms with Crippen molar-refractivity contribution < 1.29 is 20.1 Å². The Balaban J connectivity index is 3.67. The van der Waals surface area contributed by atoms with Crippen molar-refractivity contribution in [3.8, 4) is 0 Å². The molecule has 0 aliphatic carbocycles. The Morgan fingerprint density at radius 1 is 0.500 bits per heavy atom. The maximum Gasteiger partial charge on any atom is 0.249 e. The topological polar surface area (TPSA) is 89.8 Å². The Labute approximate surface area is 249 Å². The molecule has 0 aromatic rings. The molecular weight excluding hydrogens is 498 g/mol. The number of carbonyl (C=O) groups excluding carboxylic acids is 1. The molecule has 0 aliphatic heterocycles. The second kappa shape index (κ2) is 31.3. The lowest BCUT2D eigenvalue weighted by Gasteiger charge is -2.23. The van der Waals surface area contributed by atoms with E-state index in [1.165, 1.54) is 135 Å². The van der Waals surface area contributed by atoms with Crippen LogP contribution in [0.1, 0.15) is 194 Å². The Bertz CT molecular complexity index is 516. The summed E-state index contributed by atoms with van der Waals surface area (Å²) in [7, 11) is 0. The molecule has 0 heterocycles. The highest BCUT2D eigenvalue weighted by atomic mass is 16.3. The van der Waals surface area contributed by atoms with Gasteiger partial charge in [0.15, 0.2) is 0 Å². The van der Waals surface area contributed by atoms with E-state index in [1.54, 1.807) is 0 Å². The largest absolute Gasteiger partial charge is 0.394 e. The zero-order valence-electron chi connectivity index (χ0n) is 27.0. The van der Waals surface area contributed by atoms with E-state index < -0.39 is 24.2 Å². The van der Waals surface area contributed by atoms with Gasteiger partial charge in [-0.15, -0.1) is 0 Å². The third kappa shape index (κ3) is 26.3. The molecule has 240 valence electrons. The van der Waals surface area contributed by atoms with Crippen LogP contribution < -0.4 is 5.32 Å². The first-order chi connectivity index (χ1) is 19.6. The van der Waals surface area contributed by atoms with Crippen LogP contribution in [0.5, 0.6) is 0 Å².